The van der Waals surface area contributed by atoms with Crippen LogP contribution >= 0.6 is 0 Å². The zero-order valence-electron chi connectivity index (χ0n) is 16.6. The van der Waals surface area contributed by atoms with E-state index in [1.165, 1.54) is 7.11 Å². The lowest BCUT2D eigenvalue weighted by molar-refractivity contribution is -0.146. The number of rotatable bonds is 8. The van der Waals surface area contributed by atoms with E-state index in [9.17, 15) is 9.59 Å². The summed E-state index contributed by atoms with van der Waals surface area (Å²) in [6, 6.07) is 19.6. The topological polar surface area (TPSA) is 46.6 Å². The van der Waals surface area contributed by atoms with Crippen LogP contribution in [0, 0.1) is 11.8 Å². The predicted octanol–water partition coefficient (Wildman–Crippen LogP) is 4.11. The van der Waals surface area contributed by atoms with Crippen LogP contribution in [0.5, 0.6) is 0 Å². The highest BCUT2D eigenvalue weighted by Crippen LogP contribution is 2.27. The highest BCUT2D eigenvalue weighted by molar-refractivity contribution is 5.87. The van der Waals surface area contributed by atoms with E-state index < -0.39 is 5.92 Å². The highest BCUT2D eigenvalue weighted by Gasteiger charge is 2.30. The van der Waals surface area contributed by atoms with E-state index in [1.807, 2.05) is 60.7 Å². The first-order chi connectivity index (χ1) is 12.9. The van der Waals surface area contributed by atoms with Gasteiger partial charge in [0.1, 0.15) is 0 Å². The molecule has 1 unspecified atom stereocenters. The number of amides is 1. The number of nitrogens with zero attached hydrogens (tertiary/aromatic N) is 1. The zero-order valence-corrected chi connectivity index (χ0v) is 16.6. The summed E-state index contributed by atoms with van der Waals surface area (Å²) in [6.45, 7) is 6.88. The van der Waals surface area contributed by atoms with Crippen molar-refractivity contribution in [2.75, 3.05) is 20.2 Å². The molecule has 0 aliphatic heterocycles. The van der Waals surface area contributed by atoms with Gasteiger partial charge in [0.15, 0.2) is 0 Å². The maximum atomic E-state index is 13.6. The maximum absolute atomic E-state index is 13.6. The summed E-state index contributed by atoms with van der Waals surface area (Å²) >= 11 is 0. The van der Waals surface area contributed by atoms with E-state index in [0.29, 0.717) is 19.0 Å². The largest absolute Gasteiger partial charge is 0.469 e. The quantitative estimate of drug-likeness (QED) is 0.660. The number of carbonyl (C=O) groups is 2. The van der Waals surface area contributed by atoms with Crippen molar-refractivity contribution in [3.8, 4) is 0 Å². The van der Waals surface area contributed by atoms with Crippen LogP contribution in [-0.4, -0.2) is 37.0 Å². The SMILES string of the molecule is COC(=O)C(C)CN(CC(C)C)C(=O)C(c1ccccc1)c1ccccc1. The van der Waals surface area contributed by atoms with Crippen LogP contribution in [0.2, 0.25) is 0 Å². The van der Waals surface area contributed by atoms with Gasteiger partial charge in [0.05, 0.1) is 18.9 Å². The summed E-state index contributed by atoms with van der Waals surface area (Å²) in [6.07, 6.45) is 0. The van der Waals surface area contributed by atoms with Crippen LogP contribution < -0.4 is 0 Å². The molecule has 1 amide bonds. The number of benzene rings is 2. The fraction of sp³-hybridized carbons (Fsp3) is 0.391. The molecular weight excluding hydrogens is 338 g/mol. The number of esters is 1. The van der Waals surface area contributed by atoms with Gasteiger partial charge in [-0.3, -0.25) is 9.59 Å². The molecule has 144 valence electrons. The number of methoxy groups -OCH3 is 1. The Morgan fingerprint density at radius 1 is 0.852 bits per heavy atom. The van der Waals surface area contributed by atoms with E-state index in [4.69, 9.17) is 4.74 Å². The van der Waals surface area contributed by atoms with Crippen molar-refractivity contribution < 1.29 is 14.3 Å². The molecule has 0 saturated heterocycles. The second-order valence-corrected chi connectivity index (χ2v) is 7.32. The number of carbonyl (C=O) groups excluding carboxylic acids is 2. The monoisotopic (exact) mass is 367 g/mol. The first-order valence-corrected chi connectivity index (χ1v) is 9.40. The van der Waals surface area contributed by atoms with Gasteiger partial charge in [0.2, 0.25) is 5.91 Å². The van der Waals surface area contributed by atoms with Gasteiger partial charge in [0.25, 0.3) is 0 Å². The van der Waals surface area contributed by atoms with Gasteiger partial charge < -0.3 is 9.64 Å². The van der Waals surface area contributed by atoms with Crippen molar-refractivity contribution in [2.24, 2.45) is 11.8 Å². The Morgan fingerprint density at radius 3 is 1.74 bits per heavy atom. The van der Waals surface area contributed by atoms with Crippen molar-refractivity contribution in [1.82, 2.24) is 4.90 Å². The van der Waals surface area contributed by atoms with Crippen LogP contribution in [0.4, 0.5) is 0 Å². The molecule has 1 atom stereocenters. The van der Waals surface area contributed by atoms with E-state index in [0.717, 1.165) is 11.1 Å². The first kappa shape index (κ1) is 20.7. The normalized spacial score (nSPS) is 12.1. The van der Waals surface area contributed by atoms with Gasteiger partial charge in [-0.15, -0.1) is 0 Å². The lowest BCUT2D eigenvalue weighted by Gasteiger charge is -2.31. The molecule has 2 aromatic rings. The third-order valence-corrected chi connectivity index (χ3v) is 4.51. The number of hydrogen-bond donors (Lipinski definition) is 0. The zero-order chi connectivity index (χ0) is 19.8. The lowest BCUT2D eigenvalue weighted by Crippen LogP contribution is -2.42. The molecule has 0 aromatic heterocycles. The Balaban J connectivity index is 2.38. The molecule has 2 aromatic carbocycles. The summed E-state index contributed by atoms with van der Waals surface area (Å²) < 4.78 is 4.85. The van der Waals surface area contributed by atoms with E-state index in [2.05, 4.69) is 13.8 Å². The molecule has 4 heteroatoms. The van der Waals surface area contributed by atoms with Crippen molar-refractivity contribution in [3.63, 3.8) is 0 Å². The summed E-state index contributed by atoms with van der Waals surface area (Å²) in [4.78, 5) is 27.3. The molecule has 0 spiro atoms. The average molecular weight is 367 g/mol. The lowest BCUT2D eigenvalue weighted by atomic mass is 9.89. The fourth-order valence-corrected chi connectivity index (χ4v) is 3.25. The second-order valence-electron chi connectivity index (χ2n) is 7.32. The molecule has 0 saturated carbocycles. The summed E-state index contributed by atoms with van der Waals surface area (Å²) in [7, 11) is 1.38. The molecule has 27 heavy (non-hydrogen) atoms. The third-order valence-electron chi connectivity index (χ3n) is 4.51. The Bertz CT molecular complexity index is 688. The van der Waals surface area contributed by atoms with Crippen molar-refractivity contribution in [2.45, 2.75) is 26.7 Å². The Kier molecular flexibility index (Phi) is 7.59. The van der Waals surface area contributed by atoms with E-state index >= 15 is 0 Å². The summed E-state index contributed by atoms with van der Waals surface area (Å²) in [5.74, 6) is -0.753. The van der Waals surface area contributed by atoms with Crippen molar-refractivity contribution in [3.05, 3.63) is 71.8 Å². The van der Waals surface area contributed by atoms with Gasteiger partial charge in [0, 0.05) is 13.1 Å². The number of ether oxygens (including phenoxy) is 1. The molecule has 0 N–H and O–H groups in total. The molecular formula is C23H29NO3. The molecule has 0 aliphatic rings. The van der Waals surface area contributed by atoms with Gasteiger partial charge in [-0.25, -0.2) is 0 Å². The van der Waals surface area contributed by atoms with Crippen LogP contribution in [0.15, 0.2) is 60.7 Å². The van der Waals surface area contributed by atoms with Gasteiger partial charge in [-0.05, 0) is 17.0 Å². The van der Waals surface area contributed by atoms with Gasteiger partial charge >= 0.3 is 5.97 Å². The smallest absolute Gasteiger partial charge is 0.310 e. The van der Waals surface area contributed by atoms with Crippen LogP contribution in [-0.2, 0) is 14.3 Å². The summed E-state index contributed by atoms with van der Waals surface area (Å²) in [5.41, 5.74) is 1.90. The third kappa shape index (κ3) is 5.68. The minimum Gasteiger partial charge on any atom is -0.469 e. The summed E-state index contributed by atoms with van der Waals surface area (Å²) in [5, 5.41) is 0. The van der Waals surface area contributed by atoms with Gasteiger partial charge in [-0.1, -0.05) is 81.4 Å². The molecule has 0 fully saturated rings. The molecule has 0 heterocycles. The maximum Gasteiger partial charge on any atom is 0.310 e. The van der Waals surface area contributed by atoms with E-state index in [1.54, 1.807) is 11.8 Å². The second kappa shape index (κ2) is 9.91. The van der Waals surface area contributed by atoms with Crippen LogP contribution in [0.1, 0.15) is 37.8 Å². The van der Waals surface area contributed by atoms with E-state index in [-0.39, 0.29) is 17.8 Å². The fourth-order valence-electron chi connectivity index (χ4n) is 3.25. The predicted molar refractivity (Wildman–Crippen MR) is 107 cm³/mol. The Hall–Kier alpha value is -2.62. The van der Waals surface area contributed by atoms with Crippen molar-refractivity contribution >= 4 is 11.9 Å². The Labute approximate surface area is 162 Å². The highest BCUT2D eigenvalue weighted by atomic mass is 16.5. The molecule has 0 aliphatic carbocycles. The molecule has 0 bridgehead atoms. The standard InChI is InChI=1S/C23H29NO3/c1-17(2)15-24(16-18(3)23(26)27-4)22(25)21(19-11-7-5-8-12-19)20-13-9-6-10-14-20/h5-14,17-18,21H,15-16H2,1-4H3. The molecule has 4 nitrogen and oxygen atoms in total. The Morgan fingerprint density at radius 2 is 1.33 bits per heavy atom. The average Bonchev–Trinajstić information content (AvgIpc) is 2.68. The first-order valence-electron chi connectivity index (χ1n) is 9.40. The number of hydrogen-bond acceptors (Lipinski definition) is 3. The minimum absolute atomic E-state index is 0.0110. The van der Waals surface area contributed by atoms with Crippen molar-refractivity contribution in [1.29, 1.82) is 0 Å². The van der Waals surface area contributed by atoms with Crippen LogP contribution in [0.3, 0.4) is 0 Å². The molecule has 0 radical (unpaired) electrons. The minimum atomic E-state index is -0.393. The molecule has 2 rings (SSSR count). The van der Waals surface area contributed by atoms with Gasteiger partial charge in [-0.2, -0.15) is 0 Å². The van der Waals surface area contributed by atoms with Crippen LogP contribution in [0.25, 0.3) is 0 Å².